The number of ether oxygens (including phenoxy) is 1. The number of hydrogen-bond donors (Lipinski definition) is 1. The first-order valence-electron chi connectivity index (χ1n) is 6.85. The lowest BCUT2D eigenvalue weighted by atomic mass is 9.68. The Morgan fingerprint density at radius 3 is 2.61 bits per heavy atom. The van der Waals surface area contributed by atoms with Crippen LogP contribution in [0.25, 0.3) is 0 Å². The third-order valence-electron chi connectivity index (χ3n) is 4.47. The highest BCUT2D eigenvalue weighted by atomic mass is 16.5. The zero-order valence-electron chi connectivity index (χ0n) is 11.9. The van der Waals surface area contributed by atoms with Gasteiger partial charge in [0, 0.05) is 0 Å². The van der Waals surface area contributed by atoms with Gasteiger partial charge in [0.25, 0.3) is 0 Å². The molecule has 1 aliphatic carbocycles. The van der Waals surface area contributed by atoms with Crippen molar-refractivity contribution in [2.24, 2.45) is 11.8 Å². The van der Waals surface area contributed by atoms with Crippen LogP contribution in [0.4, 0.5) is 0 Å². The zero-order valence-corrected chi connectivity index (χ0v) is 11.9. The minimum atomic E-state index is -0.673. The number of aryl methyl sites for hydroxylation is 1. The maximum absolute atomic E-state index is 11.1. The summed E-state index contributed by atoms with van der Waals surface area (Å²) in [4.78, 5) is 0. The van der Waals surface area contributed by atoms with Crippen LogP contribution in [0.3, 0.4) is 0 Å². The fourth-order valence-electron chi connectivity index (χ4n) is 3.23. The number of benzene rings is 1. The van der Waals surface area contributed by atoms with Crippen LogP contribution in [0.15, 0.2) is 18.2 Å². The van der Waals surface area contributed by atoms with Crippen molar-refractivity contribution in [3.8, 4) is 5.75 Å². The molecule has 3 atom stereocenters. The highest BCUT2D eigenvalue weighted by Crippen LogP contribution is 2.45. The monoisotopic (exact) mass is 248 g/mol. The van der Waals surface area contributed by atoms with Crippen molar-refractivity contribution in [2.45, 2.75) is 45.6 Å². The Morgan fingerprint density at radius 1 is 1.28 bits per heavy atom. The number of methoxy groups -OCH3 is 1. The highest BCUT2D eigenvalue weighted by molar-refractivity contribution is 5.38. The van der Waals surface area contributed by atoms with Gasteiger partial charge < -0.3 is 9.84 Å². The highest BCUT2D eigenvalue weighted by Gasteiger charge is 2.41. The van der Waals surface area contributed by atoms with Crippen LogP contribution in [0.5, 0.6) is 5.75 Å². The minimum absolute atomic E-state index is 0.320. The molecule has 3 unspecified atom stereocenters. The molecule has 1 aromatic rings. The summed E-state index contributed by atoms with van der Waals surface area (Å²) in [6.07, 6.45) is 3.18. The second kappa shape index (κ2) is 4.93. The van der Waals surface area contributed by atoms with E-state index in [1.165, 1.54) is 6.42 Å². The molecule has 0 heterocycles. The summed E-state index contributed by atoms with van der Waals surface area (Å²) in [5.74, 6) is 1.77. The fourth-order valence-corrected chi connectivity index (χ4v) is 3.23. The van der Waals surface area contributed by atoms with E-state index in [0.29, 0.717) is 11.8 Å². The topological polar surface area (TPSA) is 29.5 Å². The molecule has 0 aliphatic heterocycles. The summed E-state index contributed by atoms with van der Waals surface area (Å²) in [5, 5.41) is 11.1. The molecule has 0 bridgehead atoms. The van der Waals surface area contributed by atoms with E-state index in [-0.39, 0.29) is 0 Å². The predicted molar refractivity (Wildman–Crippen MR) is 73.8 cm³/mol. The minimum Gasteiger partial charge on any atom is -0.497 e. The molecule has 0 spiro atoms. The molecule has 18 heavy (non-hydrogen) atoms. The molecule has 0 aromatic heterocycles. The first-order valence-corrected chi connectivity index (χ1v) is 6.85. The van der Waals surface area contributed by atoms with Crippen LogP contribution < -0.4 is 4.74 Å². The molecule has 1 N–H and O–H groups in total. The Kier molecular flexibility index (Phi) is 3.67. The van der Waals surface area contributed by atoms with Gasteiger partial charge in [-0.25, -0.2) is 0 Å². The molecule has 100 valence electrons. The van der Waals surface area contributed by atoms with Gasteiger partial charge in [0.15, 0.2) is 0 Å². The average molecular weight is 248 g/mol. The molecule has 1 aromatic carbocycles. The number of rotatable bonds is 2. The Labute approximate surface area is 110 Å². The lowest BCUT2D eigenvalue weighted by Gasteiger charge is -2.42. The zero-order chi connectivity index (χ0) is 13.3. The Balaban J connectivity index is 2.39. The summed E-state index contributed by atoms with van der Waals surface area (Å²) in [6, 6.07) is 5.99. The van der Waals surface area contributed by atoms with Gasteiger partial charge in [-0.3, -0.25) is 0 Å². The van der Waals surface area contributed by atoms with Gasteiger partial charge in [0.1, 0.15) is 5.75 Å². The van der Waals surface area contributed by atoms with E-state index in [0.717, 1.165) is 29.7 Å². The maximum Gasteiger partial charge on any atom is 0.119 e. The van der Waals surface area contributed by atoms with Crippen LogP contribution in [0, 0.1) is 18.8 Å². The van der Waals surface area contributed by atoms with Gasteiger partial charge in [-0.2, -0.15) is 0 Å². The Bertz CT molecular complexity index is 427. The van der Waals surface area contributed by atoms with E-state index in [1.807, 2.05) is 18.2 Å². The van der Waals surface area contributed by atoms with E-state index in [4.69, 9.17) is 4.74 Å². The third-order valence-corrected chi connectivity index (χ3v) is 4.47. The van der Waals surface area contributed by atoms with E-state index in [1.54, 1.807) is 7.11 Å². The van der Waals surface area contributed by atoms with Gasteiger partial charge in [0.05, 0.1) is 12.7 Å². The van der Waals surface area contributed by atoms with Crippen LogP contribution in [-0.4, -0.2) is 12.2 Å². The largest absolute Gasteiger partial charge is 0.497 e. The second-order valence-corrected chi connectivity index (χ2v) is 5.89. The molecule has 0 amide bonds. The summed E-state index contributed by atoms with van der Waals surface area (Å²) < 4.78 is 5.24. The molecular weight excluding hydrogens is 224 g/mol. The smallest absolute Gasteiger partial charge is 0.119 e. The molecule has 1 aliphatic rings. The van der Waals surface area contributed by atoms with Crippen LogP contribution in [0.1, 0.15) is 44.2 Å². The molecule has 0 saturated heterocycles. The molecule has 2 nitrogen and oxygen atoms in total. The lowest BCUT2D eigenvalue weighted by molar-refractivity contribution is -0.0632. The molecular formula is C16H24O2. The molecule has 0 radical (unpaired) electrons. The molecule has 2 heteroatoms. The normalized spacial score (nSPS) is 32.3. The van der Waals surface area contributed by atoms with Crippen molar-refractivity contribution >= 4 is 0 Å². The van der Waals surface area contributed by atoms with Crippen molar-refractivity contribution in [1.29, 1.82) is 0 Å². The SMILES string of the molecule is COc1ccc(C2(O)CC(C)CCC2C)c(C)c1. The van der Waals surface area contributed by atoms with E-state index in [9.17, 15) is 5.11 Å². The van der Waals surface area contributed by atoms with Gasteiger partial charge in [-0.1, -0.05) is 26.3 Å². The van der Waals surface area contributed by atoms with Crippen molar-refractivity contribution in [3.05, 3.63) is 29.3 Å². The van der Waals surface area contributed by atoms with Gasteiger partial charge in [-0.05, 0) is 54.9 Å². The van der Waals surface area contributed by atoms with Crippen molar-refractivity contribution in [3.63, 3.8) is 0 Å². The van der Waals surface area contributed by atoms with Crippen molar-refractivity contribution in [2.75, 3.05) is 7.11 Å². The first kappa shape index (κ1) is 13.4. The molecule has 1 saturated carbocycles. The van der Waals surface area contributed by atoms with Gasteiger partial charge in [0.2, 0.25) is 0 Å². The summed E-state index contributed by atoms with van der Waals surface area (Å²) in [7, 11) is 1.68. The lowest BCUT2D eigenvalue weighted by Crippen LogP contribution is -2.39. The second-order valence-electron chi connectivity index (χ2n) is 5.89. The first-order chi connectivity index (χ1) is 8.47. The fraction of sp³-hybridized carbons (Fsp3) is 0.625. The standard InChI is InChI=1S/C16H24O2/c1-11-5-6-13(3)16(17,10-11)15-8-7-14(18-4)9-12(15)2/h7-9,11,13,17H,5-6,10H2,1-4H3. The van der Waals surface area contributed by atoms with E-state index in [2.05, 4.69) is 20.8 Å². The summed E-state index contributed by atoms with van der Waals surface area (Å²) in [6.45, 7) is 6.45. The Hall–Kier alpha value is -1.02. The quantitative estimate of drug-likeness (QED) is 0.865. The van der Waals surface area contributed by atoms with Crippen LogP contribution >= 0.6 is 0 Å². The Morgan fingerprint density at radius 2 is 2.00 bits per heavy atom. The summed E-state index contributed by atoms with van der Waals surface area (Å²) in [5.41, 5.74) is 1.52. The van der Waals surface area contributed by atoms with Crippen LogP contribution in [0.2, 0.25) is 0 Å². The number of hydrogen-bond acceptors (Lipinski definition) is 2. The average Bonchev–Trinajstić information content (AvgIpc) is 2.34. The molecule has 2 rings (SSSR count). The van der Waals surface area contributed by atoms with Crippen molar-refractivity contribution < 1.29 is 9.84 Å². The van der Waals surface area contributed by atoms with E-state index >= 15 is 0 Å². The van der Waals surface area contributed by atoms with Crippen molar-refractivity contribution in [1.82, 2.24) is 0 Å². The third kappa shape index (κ3) is 2.26. The van der Waals surface area contributed by atoms with Gasteiger partial charge >= 0.3 is 0 Å². The number of aliphatic hydroxyl groups is 1. The van der Waals surface area contributed by atoms with Crippen LogP contribution in [-0.2, 0) is 5.60 Å². The van der Waals surface area contributed by atoms with Gasteiger partial charge in [-0.15, -0.1) is 0 Å². The summed E-state index contributed by atoms with van der Waals surface area (Å²) >= 11 is 0. The maximum atomic E-state index is 11.1. The predicted octanol–water partition coefficient (Wildman–Crippen LogP) is 3.65. The molecule has 1 fully saturated rings. The van der Waals surface area contributed by atoms with E-state index < -0.39 is 5.60 Å².